The summed E-state index contributed by atoms with van der Waals surface area (Å²) in [5.41, 5.74) is 4.91. The lowest BCUT2D eigenvalue weighted by atomic mass is 10.0. The molecule has 0 bridgehead atoms. The minimum Gasteiger partial charge on any atom is -0.493 e. The summed E-state index contributed by atoms with van der Waals surface area (Å²) in [6.45, 7) is 0.327. The van der Waals surface area contributed by atoms with E-state index in [4.69, 9.17) is 9.47 Å². The average Bonchev–Trinajstić information content (AvgIpc) is 3.57. The summed E-state index contributed by atoms with van der Waals surface area (Å²) < 4.78 is 10.7. The number of carbonyl (C=O) groups is 1. The van der Waals surface area contributed by atoms with E-state index in [0.29, 0.717) is 46.3 Å². The Kier molecular flexibility index (Phi) is 4.91. The van der Waals surface area contributed by atoms with Gasteiger partial charge in [0.2, 0.25) is 0 Å². The molecule has 0 aliphatic carbocycles. The number of benzene rings is 2. The molecule has 0 unspecified atom stereocenters. The molecule has 1 aliphatic heterocycles. The number of allylic oxidation sites excluding steroid dienone is 1. The molecule has 0 atom stereocenters. The van der Waals surface area contributed by atoms with Crippen molar-refractivity contribution in [3.63, 3.8) is 0 Å². The second kappa shape index (κ2) is 8.03. The van der Waals surface area contributed by atoms with E-state index in [1.165, 1.54) is 0 Å². The maximum atomic E-state index is 13.1. The largest absolute Gasteiger partial charge is 0.493 e. The van der Waals surface area contributed by atoms with Crippen molar-refractivity contribution in [1.82, 2.24) is 20.2 Å². The number of methoxy groups -OCH3 is 2. The first-order valence-electron chi connectivity index (χ1n) is 9.93. The fraction of sp³-hybridized carbons (Fsp3) is 0.130. The number of hydrogen-bond donors (Lipinski definition) is 3. The van der Waals surface area contributed by atoms with Crippen LogP contribution in [0.1, 0.15) is 5.56 Å². The van der Waals surface area contributed by atoms with Crippen LogP contribution in [0.4, 0.5) is 5.69 Å². The Morgan fingerprint density at radius 2 is 1.88 bits per heavy atom. The van der Waals surface area contributed by atoms with E-state index in [2.05, 4.69) is 30.5 Å². The Hall–Kier alpha value is -4.40. The smallest absolute Gasteiger partial charge is 0.254 e. The molecule has 2 aromatic heterocycles. The van der Waals surface area contributed by atoms with Gasteiger partial charge in [-0.25, -0.2) is 4.98 Å². The number of fused-ring (bicyclic) bond motifs is 1. The fourth-order valence-corrected chi connectivity index (χ4v) is 3.67. The van der Waals surface area contributed by atoms with Crippen molar-refractivity contribution in [2.75, 3.05) is 26.1 Å². The molecule has 5 rings (SSSR count). The van der Waals surface area contributed by atoms with E-state index in [-0.39, 0.29) is 5.91 Å². The molecule has 32 heavy (non-hydrogen) atoms. The van der Waals surface area contributed by atoms with Gasteiger partial charge in [-0.2, -0.15) is 5.10 Å². The van der Waals surface area contributed by atoms with Gasteiger partial charge in [0.15, 0.2) is 17.3 Å². The topological polar surface area (TPSA) is 117 Å². The molecule has 1 amide bonds. The van der Waals surface area contributed by atoms with Gasteiger partial charge in [-0.3, -0.25) is 14.9 Å². The molecule has 9 nitrogen and oxygen atoms in total. The number of rotatable bonds is 6. The zero-order valence-electron chi connectivity index (χ0n) is 17.5. The van der Waals surface area contributed by atoms with E-state index >= 15 is 0 Å². The quantitative estimate of drug-likeness (QED) is 0.435. The third kappa shape index (κ3) is 3.39. The van der Waals surface area contributed by atoms with Gasteiger partial charge in [0.25, 0.3) is 5.91 Å². The number of nitrogens with zero attached hydrogens (tertiary/aromatic N) is 3. The number of nitrogens with one attached hydrogen (secondary N) is 3. The summed E-state index contributed by atoms with van der Waals surface area (Å²) in [4.78, 5) is 25.2. The van der Waals surface area contributed by atoms with Crippen LogP contribution in [0.5, 0.6) is 11.5 Å². The molecule has 3 N–H and O–H groups in total. The number of hydrogen-bond acceptors (Lipinski definition) is 6. The van der Waals surface area contributed by atoms with Crippen LogP contribution in [-0.2, 0) is 4.79 Å². The highest BCUT2D eigenvalue weighted by Crippen LogP contribution is 2.33. The number of carbonyl (C=O) groups excluding carboxylic acids is 1. The summed E-state index contributed by atoms with van der Waals surface area (Å²) in [5, 5.41) is 9.95. The van der Waals surface area contributed by atoms with Gasteiger partial charge < -0.3 is 19.8 Å². The second-order valence-corrected chi connectivity index (χ2v) is 7.15. The number of ether oxygens (including phenoxy) is 2. The highest BCUT2D eigenvalue weighted by Gasteiger charge is 2.22. The van der Waals surface area contributed by atoms with Crippen molar-refractivity contribution >= 4 is 34.4 Å². The predicted octanol–water partition coefficient (Wildman–Crippen LogP) is 3.45. The number of aliphatic imine (C=N–C) groups is 1. The van der Waals surface area contributed by atoms with Crippen LogP contribution >= 0.6 is 0 Å². The molecular formula is C23H20N6O3. The molecule has 0 saturated carbocycles. The molecule has 2 aromatic carbocycles. The first-order valence-corrected chi connectivity index (χ1v) is 9.93. The van der Waals surface area contributed by atoms with Crippen molar-refractivity contribution in [1.29, 1.82) is 0 Å². The molecule has 160 valence electrons. The Morgan fingerprint density at radius 1 is 1.09 bits per heavy atom. The molecule has 1 aliphatic rings. The number of anilines is 1. The molecule has 3 heterocycles. The summed E-state index contributed by atoms with van der Waals surface area (Å²) in [6, 6.07) is 13.3. The van der Waals surface area contributed by atoms with E-state index in [1.54, 1.807) is 32.7 Å². The minimum atomic E-state index is -0.233. The molecule has 0 fully saturated rings. The number of imidazole rings is 1. The molecule has 4 aromatic rings. The van der Waals surface area contributed by atoms with E-state index in [9.17, 15) is 4.79 Å². The van der Waals surface area contributed by atoms with E-state index < -0.39 is 0 Å². The maximum Gasteiger partial charge on any atom is 0.254 e. The molecule has 0 saturated heterocycles. The monoisotopic (exact) mass is 428 g/mol. The molecule has 0 radical (unpaired) electrons. The van der Waals surface area contributed by atoms with Gasteiger partial charge in [-0.1, -0.05) is 30.3 Å². The van der Waals surface area contributed by atoms with Gasteiger partial charge in [-0.15, -0.1) is 0 Å². The number of amides is 1. The van der Waals surface area contributed by atoms with Gasteiger partial charge in [0, 0.05) is 29.5 Å². The highest BCUT2D eigenvalue weighted by molar-refractivity contribution is 6.23. The fourth-order valence-electron chi connectivity index (χ4n) is 3.67. The summed E-state index contributed by atoms with van der Waals surface area (Å²) >= 11 is 0. The third-order valence-corrected chi connectivity index (χ3v) is 5.27. The number of aromatic amines is 2. The lowest BCUT2D eigenvalue weighted by molar-refractivity contribution is -0.112. The predicted molar refractivity (Wildman–Crippen MR) is 122 cm³/mol. The van der Waals surface area contributed by atoms with E-state index in [1.807, 2.05) is 36.4 Å². The molecular weight excluding hydrogens is 408 g/mol. The van der Waals surface area contributed by atoms with E-state index in [0.717, 1.165) is 16.7 Å². The van der Waals surface area contributed by atoms with Crippen LogP contribution in [0.2, 0.25) is 0 Å². The minimum absolute atomic E-state index is 0.233. The zero-order valence-corrected chi connectivity index (χ0v) is 17.5. The first kappa shape index (κ1) is 19.6. The Morgan fingerprint density at radius 3 is 2.66 bits per heavy atom. The number of aromatic nitrogens is 4. The molecule has 9 heteroatoms. The van der Waals surface area contributed by atoms with Crippen molar-refractivity contribution in [2.24, 2.45) is 4.99 Å². The SMILES string of the molecule is COc1cc2nc(-c3[nH]ncc3NC(=O)C3=C(c4ccccc4)C=NC3)[nH]c2cc1OC. The van der Waals surface area contributed by atoms with Gasteiger partial charge >= 0.3 is 0 Å². The summed E-state index contributed by atoms with van der Waals surface area (Å²) in [6.07, 6.45) is 3.29. The summed E-state index contributed by atoms with van der Waals surface area (Å²) in [5.74, 6) is 1.47. The Balaban J connectivity index is 1.46. The normalized spacial score (nSPS) is 13.1. The van der Waals surface area contributed by atoms with Crippen LogP contribution in [0.3, 0.4) is 0 Å². The lowest BCUT2D eigenvalue weighted by Gasteiger charge is -2.08. The maximum absolute atomic E-state index is 13.1. The van der Waals surface area contributed by atoms with Crippen molar-refractivity contribution < 1.29 is 14.3 Å². The standard InChI is InChI=1S/C23H20N6O3/c1-31-19-8-16-17(9-20(19)32-2)27-22(26-16)21-18(12-25-29-21)28-23(30)15-11-24-10-14(15)13-6-4-3-5-7-13/h3-10,12H,11H2,1-2H3,(H,25,29)(H,26,27)(H,28,30). The molecule has 0 spiro atoms. The Labute approximate surface area is 183 Å². The van der Waals surface area contributed by atoms with Crippen molar-refractivity contribution in [3.8, 4) is 23.0 Å². The van der Waals surface area contributed by atoms with Crippen LogP contribution in [-0.4, -0.2) is 53.1 Å². The van der Waals surface area contributed by atoms with Crippen LogP contribution in [0.25, 0.3) is 28.1 Å². The zero-order chi connectivity index (χ0) is 22.1. The van der Waals surface area contributed by atoms with Crippen molar-refractivity contribution in [3.05, 3.63) is 59.8 Å². The second-order valence-electron chi connectivity index (χ2n) is 7.15. The summed E-state index contributed by atoms with van der Waals surface area (Å²) in [7, 11) is 3.15. The highest BCUT2D eigenvalue weighted by atomic mass is 16.5. The first-order chi connectivity index (χ1) is 15.7. The number of H-pyrrole nitrogens is 2. The van der Waals surface area contributed by atoms with Gasteiger partial charge in [0.05, 0.1) is 43.7 Å². The van der Waals surface area contributed by atoms with Crippen LogP contribution < -0.4 is 14.8 Å². The van der Waals surface area contributed by atoms with Crippen LogP contribution in [0.15, 0.2) is 59.2 Å². The average molecular weight is 428 g/mol. The van der Waals surface area contributed by atoms with Gasteiger partial charge in [0.1, 0.15) is 5.69 Å². The lowest BCUT2D eigenvalue weighted by Crippen LogP contribution is -2.16. The Bertz CT molecular complexity index is 1330. The third-order valence-electron chi connectivity index (χ3n) is 5.27. The van der Waals surface area contributed by atoms with Gasteiger partial charge in [-0.05, 0) is 5.56 Å². The van der Waals surface area contributed by atoms with Crippen molar-refractivity contribution in [2.45, 2.75) is 0 Å². The van der Waals surface area contributed by atoms with Crippen LogP contribution in [0, 0.1) is 0 Å².